The molecule has 0 radical (unpaired) electrons. The maximum absolute atomic E-state index is 12.4. The van der Waals surface area contributed by atoms with Crippen molar-refractivity contribution < 1.29 is 22.7 Å². The lowest BCUT2D eigenvalue weighted by molar-refractivity contribution is -0.274. The maximum Gasteiger partial charge on any atom is 0.573 e. The van der Waals surface area contributed by atoms with Gasteiger partial charge >= 0.3 is 6.36 Å². The van der Waals surface area contributed by atoms with Crippen LogP contribution in [0.5, 0.6) is 5.75 Å². The van der Waals surface area contributed by atoms with Crippen LogP contribution in [0.4, 0.5) is 18.9 Å². The van der Waals surface area contributed by atoms with Crippen molar-refractivity contribution >= 4 is 11.6 Å². The molecular weight excluding hydrogens is 319 g/mol. The Bertz CT molecular complexity index is 719. The highest BCUT2D eigenvalue weighted by molar-refractivity contribution is 5.98. The standard InChI is InChI=1S/C18H18F3NO2/c1-17(2,3)16(23)22-15-11-13(24-18(19,20)21)9-10-14(15)12-7-5-4-6-8-12/h4-11H,1-3H3,(H,22,23). The van der Waals surface area contributed by atoms with E-state index >= 15 is 0 Å². The molecule has 0 aromatic heterocycles. The van der Waals surface area contributed by atoms with Gasteiger partial charge in [0.1, 0.15) is 5.75 Å². The number of carbonyl (C=O) groups excluding carboxylic acids is 1. The van der Waals surface area contributed by atoms with E-state index < -0.39 is 11.8 Å². The van der Waals surface area contributed by atoms with Crippen LogP contribution in [-0.2, 0) is 4.79 Å². The fourth-order valence-corrected chi connectivity index (χ4v) is 2.00. The van der Waals surface area contributed by atoms with Gasteiger partial charge in [0.15, 0.2) is 0 Å². The Balaban J connectivity index is 2.45. The van der Waals surface area contributed by atoms with Crippen molar-refractivity contribution in [3.8, 4) is 16.9 Å². The smallest absolute Gasteiger partial charge is 0.406 e. The first-order valence-corrected chi connectivity index (χ1v) is 7.33. The number of hydrogen-bond donors (Lipinski definition) is 1. The maximum atomic E-state index is 12.4. The van der Waals surface area contributed by atoms with Gasteiger partial charge in [-0.3, -0.25) is 4.79 Å². The molecule has 0 aliphatic heterocycles. The molecule has 2 aromatic rings. The minimum Gasteiger partial charge on any atom is -0.406 e. The summed E-state index contributed by atoms with van der Waals surface area (Å²) in [6, 6.07) is 13.0. The lowest BCUT2D eigenvalue weighted by atomic mass is 9.95. The van der Waals surface area contributed by atoms with E-state index in [-0.39, 0.29) is 17.3 Å². The summed E-state index contributed by atoms with van der Waals surface area (Å²) >= 11 is 0. The molecule has 0 saturated heterocycles. The van der Waals surface area contributed by atoms with Crippen LogP contribution in [0.2, 0.25) is 0 Å². The third kappa shape index (κ3) is 4.75. The number of benzene rings is 2. The molecule has 0 atom stereocenters. The van der Waals surface area contributed by atoms with Gasteiger partial charge in [0.25, 0.3) is 0 Å². The summed E-state index contributed by atoms with van der Waals surface area (Å²) in [5, 5.41) is 2.69. The van der Waals surface area contributed by atoms with E-state index in [0.29, 0.717) is 5.56 Å². The predicted octanol–water partition coefficient (Wildman–Crippen LogP) is 5.24. The van der Waals surface area contributed by atoms with Crippen molar-refractivity contribution in [2.75, 3.05) is 5.32 Å². The van der Waals surface area contributed by atoms with Crippen LogP contribution in [0.25, 0.3) is 11.1 Å². The molecule has 128 valence electrons. The van der Waals surface area contributed by atoms with Crippen LogP contribution in [0.1, 0.15) is 20.8 Å². The second-order valence-corrected chi connectivity index (χ2v) is 6.33. The second kappa shape index (κ2) is 6.55. The van der Waals surface area contributed by atoms with E-state index in [9.17, 15) is 18.0 Å². The summed E-state index contributed by atoms with van der Waals surface area (Å²) < 4.78 is 41.3. The molecule has 2 aromatic carbocycles. The van der Waals surface area contributed by atoms with Gasteiger partial charge in [-0.05, 0) is 17.7 Å². The molecule has 3 nitrogen and oxygen atoms in total. The molecule has 0 saturated carbocycles. The van der Waals surface area contributed by atoms with Crippen LogP contribution >= 0.6 is 0 Å². The van der Waals surface area contributed by atoms with Crippen LogP contribution in [0.15, 0.2) is 48.5 Å². The van der Waals surface area contributed by atoms with Gasteiger partial charge in [-0.15, -0.1) is 13.2 Å². The Hall–Kier alpha value is -2.50. The number of anilines is 1. The number of carbonyl (C=O) groups is 1. The van der Waals surface area contributed by atoms with Crippen molar-refractivity contribution in [2.24, 2.45) is 5.41 Å². The van der Waals surface area contributed by atoms with E-state index in [1.54, 1.807) is 20.8 Å². The topological polar surface area (TPSA) is 38.3 Å². The third-order valence-corrected chi connectivity index (χ3v) is 3.24. The minimum absolute atomic E-state index is 0.267. The molecule has 1 amide bonds. The molecule has 1 N–H and O–H groups in total. The van der Waals surface area contributed by atoms with Gasteiger partial charge in [-0.2, -0.15) is 0 Å². The highest BCUT2D eigenvalue weighted by atomic mass is 19.4. The van der Waals surface area contributed by atoms with Crippen molar-refractivity contribution in [1.82, 2.24) is 0 Å². The number of amides is 1. The fourth-order valence-electron chi connectivity index (χ4n) is 2.00. The van der Waals surface area contributed by atoms with Crippen molar-refractivity contribution in [3.05, 3.63) is 48.5 Å². The molecule has 0 aliphatic carbocycles. The summed E-state index contributed by atoms with van der Waals surface area (Å²) in [6.07, 6.45) is -4.79. The molecule has 2 rings (SSSR count). The Labute approximate surface area is 138 Å². The summed E-state index contributed by atoms with van der Waals surface area (Å²) in [7, 11) is 0. The highest BCUT2D eigenvalue weighted by Gasteiger charge is 2.31. The Kier molecular flexibility index (Phi) is 4.87. The first-order valence-electron chi connectivity index (χ1n) is 7.33. The largest absolute Gasteiger partial charge is 0.573 e. The molecule has 0 heterocycles. The van der Waals surface area contributed by atoms with E-state index in [0.717, 1.165) is 5.56 Å². The van der Waals surface area contributed by atoms with Crippen molar-refractivity contribution in [1.29, 1.82) is 0 Å². The second-order valence-electron chi connectivity index (χ2n) is 6.33. The summed E-state index contributed by atoms with van der Waals surface area (Å²) in [5.41, 5.74) is 0.973. The Morgan fingerprint density at radius 2 is 1.62 bits per heavy atom. The van der Waals surface area contributed by atoms with E-state index in [1.807, 2.05) is 30.3 Å². The summed E-state index contributed by atoms with van der Waals surface area (Å²) in [6.45, 7) is 5.17. The number of ether oxygens (including phenoxy) is 1. The van der Waals surface area contributed by atoms with Gasteiger partial charge in [-0.25, -0.2) is 0 Å². The zero-order valence-electron chi connectivity index (χ0n) is 13.6. The molecule has 0 aliphatic rings. The zero-order valence-corrected chi connectivity index (χ0v) is 13.6. The van der Waals surface area contributed by atoms with Gasteiger partial charge in [0, 0.05) is 17.0 Å². The number of halogens is 3. The molecule has 24 heavy (non-hydrogen) atoms. The zero-order chi connectivity index (χ0) is 18.0. The number of alkyl halides is 3. The molecule has 0 fully saturated rings. The third-order valence-electron chi connectivity index (χ3n) is 3.24. The normalized spacial score (nSPS) is 11.9. The first-order chi connectivity index (χ1) is 11.1. The monoisotopic (exact) mass is 337 g/mol. The molecule has 0 spiro atoms. The lowest BCUT2D eigenvalue weighted by Crippen LogP contribution is -2.28. The lowest BCUT2D eigenvalue weighted by Gasteiger charge is -2.20. The van der Waals surface area contributed by atoms with Crippen molar-refractivity contribution in [2.45, 2.75) is 27.1 Å². The van der Waals surface area contributed by atoms with Gasteiger partial charge < -0.3 is 10.1 Å². The molecule has 0 unspecified atom stereocenters. The summed E-state index contributed by atoms with van der Waals surface area (Å²) in [4.78, 5) is 12.2. The van der Waals surface area contributed by atoms with E-state index in [2.05, 4.69) is 10.1 Å². The molecular formula is C18H18F3NO2. The average molecular weight is 337 g/mol. The number of hydrogen-bond acceptors (Lipinski definition) is 2. The van der Waals surface area contributed by atoms with Crippen LogP contribution in [-0.4, -0.2) is 12.3 Å². The molecule has 6 heteroatoms. The fraction of sp³-hybridized carbons (Fsp3) is 0.278. The minimum atomic E-state index is -4.79. The quantitative estimate of drug-likeness (QED) is 0.832. The highest BCUT2D eigenvalue weighted by Crippen LogP contribution is 2.34. The van der Waals surface area contributed by atoms with Crippen LogP contribution in [0, 0.1) is 5.41 Å². The Morgan fingerprint density at radius 3 is 2.17 bits per heavy atom. The first kappa shape index (κ1) is 17.8. The summed E-state index contributed by atoms with van der Waals surface area (Å²) in [5.74, 6) is -0.685. The molecule has 0 bridgehead atoms. The average Bonchev–Trinajstić information content (AvgIpc) is 2.45. The predicted molar refractivity (Wildman–Crippen MR) is 86.6 cm³/mol. The Morgan fingerprint density at radius 1 is 1.00 bits per heavy atom. The van der Waals surface area contributed by atoms with Crippen LogP contribution in [0.3, 0.4) is 0 Å². The van der Waals surface area contributed by atoms with E-state index in [1.165, 1.54) is 18.2 Å². The van der Waals surface area contributed by atoms with Crippen LogP contribution < -0.4 is 10.1 Å². The van der Waals surface area contributed by atoms with Gasteiger partial charge in [-0.1, -0.05) is 51.1 Å². The SMILES string of the molecule is CC(C)(C)C(=O)Nc1cc(OC(F)(F)F)ccc1-c1ccccc1. The van der Waals surface area contributed by atoms with Crippen molar-refractivity contribution in [3.63, 3.8) is 0 Å². The van der Waals surface area contributed by atoms with Gasteiger partial charge in [0.05, 0.1) is 5.69 Å². The number of nitrogens with one attached hydrogen (secondary N) is 1. The van der Waals surface area contributed by atoms with Gasteiger partial charge in [0.2, 0.25) is 5.91 Å². The van der Waals surface area contributed by atoms with E-state index in [4.69, 9.17) is 0 Å². The number of rotatable bonds is 3.